The van der Waals surface area contributed by atoms with Crippen LogP contribution < -0.4 is 5.73 Å². The van der Waals surface area contributed by atoms with E-state index in [1.54, 1.807) is 0 Å². The molecule has 3 unspecified atom stereocenters. The van der Waals surface area contributed by atoms with Gasteiger partial charge in [0.25, 0.3) is 0 Å². The average molecular weight is 195 g/mol. The van der Waals surface area contributed by atoms with E-state index in [1.807, 2.05) is 0 Å². The Morgan fingerprint density at radius 1 is 0.857 bits per heavy atom. The second-order valence-corrected chi connectivity index (χ2v) is 5.52. The summed E-state index contributed by atoms with van der Waals surface area (Å²) in [6.07, 6.45) is 11.6. The van der Waals surface area contributed by atoms with Crippen molar-refractivity contribution in [3.05, 3.63) is 0 Å². The minimum absolute atomic E-state index is 0.503. The topological polar surface area (TPSA) is 26.0 Å². The van der Waals surface area contributed by atoms with Crippen molar-refractivity contribution in [2.75, 3.05) is 0 Å². The maximum absolute atomic E-state index is 6.11. The van der Waals surface area contributed by atoms with Gasteiger partial charge >= 0.3 is 0 Å². The van der Waals surface area contributed by atoms with E-state index in [0.717, 1.165) is 17.8 Å². The van der Waals surface area contributed by atoms with Crippen LogP contribution in [-0.2, 0) is 0 Å². The first kappa shape index (κ1) is 10.5. The third kappa shape index (κ3) is 2.13. The number of rotatable bonds is 1. The molecule has 3 atom stereocenters. The lowest BCUT2D eigenvalue weighted by Gasteiger charge is -2.26. The molecule has 0 aliphatic heterocycles. The van der Waals surface area contributed by atoms with Gasteiger partial charge in [-0.3, -0.25) is 0 Å². The molecule has 0 heterocycles. The Hall–Kier alpha value is -0.0400. The van der Waals surface area contributed by atoms with Crippen LogP contribution in [0, 0.1) is 17.8 Å². The average Bonchev–Trinajstić information content (AvgIpc) is 2.47. The Morgan fingerprint density at radius 3 is 2.00 bits per heavy atom. The predicted molar refractivity (Wildman–Crippen MR) is 61.1 cm³/mol. The zero-order valence-corrected chi connectivity index (χ0v) is 9.54. The molecule has 1 nitrogen and oxygen atoms in total. The lowest BCUT2D eigenvalue weighted by Crippen LogP contribution is -2.28. The van der Waals surface area contributed by atoms with Gasteiger partial charge in [-0.1, -0.05) is 45.4 Å². The van der Waals surface area contributed by atoms with Crippen molar-refractivity contribution in [3.8, 4) is 0 Å². The first-order valence-corrected chi connectivity index (χ1v) is 6.54. The van der Waals surface area contributed by atoms with Gasteiger partial charge in [-0.05, 0) is 30.6 Å². The Kier molecular flexibility index (Phi) is 3.48. The van der Waals surface area contributed by atoms with Crippen LogP contribution in [0.4, 0.5) is 0 Å². The standard InChI is InChI=1S/C13H25N/c1-10-12(8-9-13(10)14)11-6-4-2-3-5-7-11/h10-13H,2-9,14H2,1H3. The maximum Gasteiger partial charge on any atom is 0.00673 e. The summed E-state index contributed by atoms with van der Waals surface area (Å²) in [4.78, 5) is 0. The van der Waals surface area contributed by atoms with Gasteiger partial charge in [0.2, 0.25) is 0 Å². The molecule has 0 amide bonds. The molecular weight excluding hydrogens is 170 g/mol. The quantitative estimate of drug-likeness (QED) is 0.638. The highest BCUT2D eigenvalue weighted by atomic mass is 14.7. The van der Waals surface area contributed by atoms with Crippen molar-refractivity contribution in [3.63, 3.8) is 0 Å². The molecular formula is C13H25N. The first-order valence-electron chi connectivity index (χ1n) is 6.54. The third-order valence-electron chi connectivity index (χ3n) is 4.69. The fourth-order valence-corrected chi connectivity index (χ4v) is 3.63. The number of hydrogen-bond acceptors (Lipinski definition) is 1. The van der Waals surface area contributed by atoms with E-state index in [-0.39, 0.29) is 0 Å². The first-order chi connectivity index (χ1) is 6.79. The molecule has 0 aromatic rings. The molecule has 0 spiro atoms. The van der Waals surface area contributed by atoms with E-state index in [9.17, 15) is 0 Å². The van der Waals surface area contributed by atoms with Gasteiger partial charge < -0.3 is 5.73 Å². The van der Waals surface area contributed by atoms with Crippen LogP contribution in [0.3, 0.4) is 0 Å². The highest BCUT2D eigenvalue weighted by Crippen LogP contribution is 2.41. The van der Waals surface area contributed by atoms with Crippen molar-refractivity contribution in [2.45, 2.75) is 64.3 Å². The number of hydrogen-bond donors (Lipinski definition) is 1. The van der Waals surface area contributed by atoms with Crippen molar-refractivity contribution < 1.29 is 0 Å². The van der Waals surface area contributed by atoms with E-state index in [1.165, 1.54) is 51.4 Å². The van der Waals surface area contributed by atoms with Crippen LogP contribution in [0.25, 0.3) is 0 Å². The summed E-state index contributed by atoms with van der Waals surface area (Å²) in [6.45, 7) is 2.38. The zero-order chi connectivity index (χ0) is 9.97. The minimum Gasteiger partial charge on any atom is -0.327 e. The molecule has 2 fully saturated rings. The molecule has 2 saturated carbocycles. The van der Waals surface area contributed by atoms with E-state index < -0.39 is 0 Å². The van der Waals surface area contributed by atoms with Crippen LogP contribution in [0.2, 0.25) is 0 Å². The smallest absolute Gasteiger partial charge is 0.00673 e. The van der Waals surface area contributed by atoms with E-state index in [4.69, 9.17) is 5.73 Å². The predicted octanol–water partition coefficient (Wildman–Crippen LogP) is 3.33. The van der Waals surface area contributed by atoms with Crippen LogP contribution >= 0.6 is 0 Å². The molecule has 0 aromatic carbocycles. The Bertz CT molecular complexity index is 170. The summed E-state index contributed by atoms with van der Waals surface area (Å²) < 4.78 is 0. The highest BCUT2D eigenvalue weighted by Gasteiger charge is 2.35. The third-order valence-corrected chi connectivity index (χ3v) is 4.69. The molecule has 0 saturated heterocycles. The molecule has 0 aromatic heterocycles. The van der Waals surface area contributed by atoms with Gasteiger partial charge in [0.05, 0.1) is 0 Å². The molecule has 1 heteroatoms. The molecule has 2 aliphatic rings. The van der Waals surface area contributed by atoms with Crippen molar-refractivity contribution in [1.29, 1.82) is 0 Å². The van der Waals surface area contributed by atoms with Gasteiger partial charge in [-0.2, -0.15) is 0 Å². The van der Waals surface area contributed by atoms with Gasteiger partial charge in [0, 0.05) is 6.04 Å². The maximum atomic E-state index is 6.11. The van der Waals surface area contributed by atoms with E-state index >= 15 is 0 Å². The summed E-state index contributed by atoms with van der Waals surface area (Å²) in [5.41, 5.74) is 6.11. The summed E-state index contributed by atoms with van der Waals surface area (Å²) in [5.74, 6) is 2.77. The minimum atomic E-state index is 0.503. The molecule has 2 aliphatic carbocycles. The summed E-state index contributed by atoms with van der Waals surface area (Å²) in [7, 11) is 0. The lowest BCUT2D eigenvalue weighted by atomic mass is 9.80. The normalized spacial score (nSPS) is 41.1. The van der Waals surface area contributed by atoms with Crippen LogP contribution in [0.1, 0.15) is 58.3 Å². The molecule has 2 rings (SSSR count). The van der Waals surface area contributed by atoms with Crippen molar-refractivity contribution >= 4 is 0 Å². The molecule has 2 N–H and O–H groups in total. The van der Waals surface area contributed by atoms with Gasteiger partial charge in [-0.15, -0.1) is 0 Å². The van der Waals surface area contributed by atoms with Crippen LogP contribution in [0.15, 0.2) is 0 Å². The summed E-state index contributed by atoms with van der Waals surface area (Å²) in [6, 6.07) is 0.503. The Morgan fingerprint density at radius 2 is 1.50 bits per heavy atom. The molecule has 82 valence electrons. The van der Waals surface area contributed by atoms with Gasteiger partial charge in [-0.25, -0.2) is 0 Å². The Balaban J connectivity index is 1.92. The largest absolute Gasteiger partial charge is 0.327 e. The van der Waals surface area contributed by atoms with Crippen molar-refractivity contribution in [1.82, 2.24) is 0 Å². The second-order valence-electron chi connectivity index (χ2n) is 5.52. The van der Waals surface area contributed by atoms with Crippen LogP contribution in [0.5, 0.6) is 0 Å². The van der Waals surface area contributed by atoms with Gasteiger partial charge in [0.15, 0.2) is 0 Å². The molecule has 0 bridgehead atoms. The summed E-state index contributed by atoms with van der Waals surface area (Å²) >= 11 is 0. The van der Waals surface area contributed by atoms with Gasteiger partial charge in [0.1, 0.15) is 0 Å². The van der Waals surface area contributed by atoms with Crippen molar-refractivity contribution in [2.24, 2.45) is 23.5 Å². The zero-order valence-electron chi connectivity index (χ0n) is 9.54. The number of nitrogens with two attached hydrogens (primary N) is 1. The summed E-state index contributed by atoms with van der Waals surface area (Å²) in [5, 5.41) is 0. The monoisotopic (exact) mass is 195 g/mol. The second kappa shape index (κ2) is 4.65. The highest BCUT2D eigenvalue weighted by molar-refractivity contribution is 4.88. The fourth-order valence-electron chi connectivity index (χ4n) is 3.63. The van der Waals surface area contributed by atoms with E-state index in [2.05, 4.69) is 6.92 Å². The SMILES string of the molecule is CC1C(N)CCC1C1CCCCCC1. The Labute approximate surface area is 88.4 Å². The van der Waals surface area contributed by atoms with Crippen LogP contribution in [-0.4, -0.2) is 6.04 Å². The molecule has 14 heavy (non-hydrogen) atoms. The van der Waals surface area contributed by atoms with E-state index in [0.29, 0.717) is 6.04 Å². The molecule has 0 radical (unpaired) electrons. The fraction of sp³-hybridized carbons (Fsp3) is 1.00. The lowest BCUT2D eigenvalue weighted by molar-refractivity contribution is 0.241.